The van der Waals surface area contributed by atoms with E-state index in [9.17, 15) is 22.0 Å². The Kier molecular flexibility index (Phi) is 4.08. The van der Waals surface area contributed by atoms with E-state index in [2.05, 4.69) is 25.5 Å². The van der Waals surface area contributed by atoms with E-state index >= 15 is 0 Å². The molecule has 2 aliphatic rings. The van der Waals surface area contributed by atoms with E-state index in [0.717, 1.165) is 6.07 Å². The summed E-state index contributed by atoms with van der Waals surface area (Å²) in [5.41, 5.74) is 2.17. The first-order chi connectivity index (χ1) is 12.7. The molecule has 5 nitrogen and oxygen atoms in total. The van der Waals surface area contributed by atoms with Crippen molar-refractivity contribution >= 4 is 11.5 Å². The van der Waals surface area contributed by atoms with Crippen molar-refractivity contribution in [1.29, 1.82) is 0 Å². The van der Waals surface area contributed by atoms with Gasteiger partial charge in [0.2, 0.25) is 0 Å². The predicted molar refractivity (Wildman–Crippen MR) is 87.1 cm³/mol. The van der Waals surface area contributed by atoms with Crippen LogP contribution in [0, 0.1) is 11.8 Å². The fraction of sp³-hybridized carbons (Fsp3) is 0.412. The van der Waals surface area contributed by atoms with Gasteiger partial charge in [0.05, 0.1) is 0 Å². The van der Waals surface area contributed by atoms with Gasteiger partial charge in [0.1, 0.15) is 0 Å². The Balaban J connectivity index is 1.59. The van der Waals surface area contributed by atoms with Crippen molar-refractivity contribution in [3.63, 3.8) is 0 Å². The number of anilines is 1. The van der Waals surface area contributed by atoms with Crippen molar-refractivity contribution in [2.24, 2.45) is 16.9 Å². The van der Waals surface area contributed by atoms with Gasteiger partial charge in [-0.05, 0) is 31.4 Å². The SMILES string of the molecule is FC(F)(F)c1cc(N/N=C2/CCC3C(C2)C3(F)F)nc(-c2cccnc2)n1. The Morgan fingerprint density at radius 2 is 2.00 bits per heavy atom. The molecular weight excluding hydrogens is 369 g/mol. The van der Waals surface area contributed by atoms with Gasteiger partial charge in [0, 0.05) is 41.6 Å². The summed E-state index contributed by atoms with van der Waals surface area (Å²) >= 11 is 0. The van der Waals surface area contributed by atoms with Crippen LogP contribution in [-0.4, -0.2) is 26.6 Å². The van der Waals surface area contributed by atoms with Gasteiger partial charge in [0.25, 0.3) is 5.92 Å². The van der Waals surface area contributed by atoms with Gasteiger partial charge in [-0.25, -0.2) is 18.7 Å². The van der Waals surface area contributed by atoms with E-state index in [1.165, 1.54) is 18.5 Å². The number of nitrogens with one attached hydrogen (secondary N) is 1. The van der Waals surface area contributed by atoms with Crippen LogP contribution in [-0.2, 0) is 6.18 Å². The van der Waals surface area contributed by atoms with Crippen LogP contribution in [0.4, 0.5) is 27.8 Å². The molecule has 2 unspecified atom stereocenters. The molecule has 0 radical (unpaired) electrons. The van der Waals surface area contributed by atoms with Crippen molar-refractivity contribution in [2.75, 3.05) is 5.43 Å². The molecule has 2 aromatic heterocycles. The molecule has 27 heavy (non-hydrogen) atoms. The highest BCUT2D eigenvalue weighted by Gasteiger charge is 2.68. The summed E-state index contributed by atoms with van der Waals surface area (Å²) in [5, 5.41) is 4.01. The first kappa shape index (κ1) is 17.7. The van der Waals surface area contributed by atoms with Crippen LogP contribution < -0.4 is 5.43 Å². The smallest absolute Gasteiger partial charge is 0.264 e. The standard InChI is InChI=1S/C17H14F5N5/c18-16(19)11-4-3-10(6-12(11)16)26-27-14-7-13(17(20,21)22)24-15(25-14)9-2-1-5-23-8-9/h1-2,5,7-8,11-12H,3-4,6H2,(H,24,25,27)/b26-10-. The van der Waals surface area contributed by atoms with Crippen LogP contribution in [0.5, 0.6) is 0 Å². The Hall–Kier alpha value is -2.65. The molecule has 2 fully saturated rings. The molecule has 0 aliphatic heterocycles. The number of halogens is 5. The second kappa shape index (κ2) is 6.21. The average Bonchev–Trinajstić information content (AvgIpc) is 3.20. The van der Waals surface area contributed by atoms with Gasteiger partial charge < -0.3 is 0 Å². The number of aromatic nitrogens is 3. The maximum absolute atomic E-state index is 13.4. The molecule has 2 aliphatic carbocycles. The highest BCUT2D eigenvalue weighted by atomic mass is 19.4. The second-order valence-electron chi connectivity index (χ2n) is 6.62. The fourth-order valence-electron chi connectivity index (χ4n) is 3.32. The molecule has 0 amide bonds. The normalized spacial score (nSPS) is 25.1. The number of fused-ring (bicyclic) bond motifs is 1. The van der Waals surface area contributed by atoms with Crippen LogP contribution in [0.2, 0.25) is 0 Å². The van der Waals surface area contributed by atoms with Crippen LogP contribution in [0.25, 0.3) is 11.4 Å². The quantitative estimate of drug-likeness (QED) is 0.631. The summed E-state index contributed by atoms with van der Waals surface area (Å²) in [6.45, 7) is 0. The van der Waals surface area contributed by atoms with Crippen LogP contribution in [0.15, 0.2) is 35.7 Å². The number of rotatable bonds is 3. The molecule has 0 spiro atoms. The summed E-state index contributed by atoms with van der Waals surface area (Å²) in [7, 11) is 0. The molecule has 2 aromatic rings. The molecular formula is C17H14F5N5. The minimum atomic E-state index is -4.67. The zero-order chi connectivity index (χ0) is 19.2. The highest BCUT2D eigenvalue weighted by molar-refractivity contribution is 5.87. The Morgan fingerprint density at radius 1 is 1.19 bits per heavy atom. The number of alkyl halides is 5. The summed E-state index contributed by atoms with van der Waals surface area (Å²) in [4.78, 5) is 11.4. The predicted octanol–water partition coefficient (Wildman–Crippen LogP) is 4.39. The molecule has 10 heteroatoms. The summed E-state index contributed by atoms with van der Waals surface area (Å²) in [6, 6.07) is 3.83. The lowest BCUT2D eigenvalue weighted by Crippen LogP contribution is -2.13. The second-order valence-corrected chi connectivity index (χ2v) is 6.62. The van der Waals surface area contributed by atoms with Gasteiger partial charge in [-0.2, -0.15) is 18.3 Å². The van der Waals surface area contributed by atoms with E-state index in [1.807, 2.05) is 0 Å². The van der Waals surface area contributed by atoms with Crippen molar-refractivity contribution in [3.8, 4) is 11.4 Å². The molecule has 142 valence electrons. The largest absolute Gasteiger partial charge is 0.433 e. The Labute approximate surface area is 150 Å². The molecule has 2 saturated carbocycles. The lowest BCUT2D eigenvalue weighted by molar-refractivity contribution is -0.141. The topological polar surface area (TPSA) is 63.1 Å². The van der Waals surface area contributed by atoms with Gasteiger partial charge in [-0.1, -0.05) is 0 Å². The number of hydrogen-bond donors (Lipinski definition) is 1. The average molecular weight is 383 g/mol. The zero-order valence-electron chi connectivity index (χ0n) is 13.8. The summed E-state index contributed by atoms with van der Waals surface area (Å²) < 4.78 is 66.3. The van der Waals surface area contributed by atoms with E-state index < -0.39 is 29.6 Å². The van der Waals surface area contributed by atoms with Crippen molar-refractivity contribution in [1.82, 2.24) is 15.0 Å². The molecule has 2 atom stereocenters. The minimum Gasteiger partial charge on any atom is -0.264 e. The van der Waals surface area contributed by atoms with Gasteiger partial charge in [0.15, 0.2) is 17.3 Å². The van der Waals surface area contributed by atoms with E-state index in [-0.39, 0.29) is 18.1 Å². The summed E-state index contributed by atoms with van der Waals surface area (Å²) in [5.74, 6) is -4.27. The van der Waals surface area contributed by atoms with Gasteiger partial charge >= 0.3 is 6.18 Å². The third kappa shape index (κ3) is 3.47. The molecule has 2 heterocycles. The number of hydrazone groups is 1. The number of pyridine rings is 1. The monoisotopic (exact) mass is 383 g/mol. The van der Waals surface area contributed by atoms with Crippen molar-refractivity contribution in [3.05, 3.63) is 36.3 Å². The molecule has 1 N–H and O–H groups in total. The van der Waals surface area contributed by atoms with Crippen LogP contribution in [0.3, 0.4) is 0 Å². The Morgan fingerprint density at radius 3 is 2.67 bits per heavy atom. The third-order valence-corrected chi connectivity index (χ3v) is 4.83. The number of hydrogen-bond acceptors (Lipinski definition) is 5. The maximum atomic E-state index is 13.4. The van der Waals surface area contributed by atoms with E-state index in [1.54, 1.807) is 6.07 Å². The zero-order valence-corrected chi connectivity index (χ0v) is 13.8. The minimum absolute atomic E-state index is 0.136. The van der Waals surface area contributed by atoms with Crippen molar-refractivity contribution < 1.29 is 22.0 Å². The first-order valence-electron chi connectivity index (χ1n) is 8.31. The lowest BCUT2D eigenvalue weighted by atomic mass is 9.99. The summed E-state index contributed by atoms with van der Waals surface area (Å²) in [6.07, 6.45) is -0.990. The molecule has 0 saturated heterocycles. The van der Waals surface area contributed by atoms with E-state index in [0.29, 0.717) is 24.1 Å². The third-order valence-electron chi connectivity index (χ3n) is 4.83. The fourth-order valence-corrected chi connectivity index (χ4v) is 3.32. The van der Waals surface area contributed by atoms with Crippen molar-refractivity contribution in [2.45, 2.75) is 31.4 Å². The molecule has 0 bridgehead atoms. The van der Waals surface area contributed by atoms with Crippen LogP contribution in [0.1, 0.15) is 25.0 Å². The van der Waals surface area contributed by atoms with Crippen LogP contribution >= 0.6 is 0 Å². The van der Waals surface area contributed by atoms with Gasteiger partial charge in [-0.15, -0.1) is 0 Å². The van der Waals surface area contributed by atoms with Gasteiger partial charge in [-0.3, -0.25) is 10.4 Å². The highest BCUT2D eigenvalue weighted by Crippen LogP contribution is 2.61. The molecule has 4 rings (SSSR count). The maximum Gasteiger partial charge on any atom is 0.433 e. The molecule has 0 aromatic carbocycles. The number of nitrogens with zero attached hydrogens (tertiary/aromatic N) is 4. The first-order valence-corrected chi connectivity index (χ1v) is 8.31. The Bertz CT molecular complexity index is 881. The van der Waals surface area contributed by atoms with E-state index in [4.69, 9.17) is 0 Å². The lowest BCUT2D eigenvalue weighted by Gasteiger charge is -2.12.